The van der Waals surface area contributed by atoms with Gasteiger partial charge < -0.3 is 20.2 Å². The third kappa shape index (κ3) is 5.51. The molecular weight excluding hydrogens is 492 g/mol. The molecule has 10 heteroatoms. The Bertz CT molecular complexity index is 1510. The van der Waals surface area contributed by atoms with Crippen LogP contribution in [0, 0.1) is 6.92 Å². The first-order valence-corrected chi connectivity index (χ1v) is 13.5. The maximum absolute atomic E-state index is 12.8. The molecule has 0 bridgehead atoms. The van der Waals surface area contributed by atoms with E-state index in [-0.39, 0.29) is 23.5 Å². The molecule has 1 saturated heterocycles. The van der Waals surface area contributed by atoms with Crippen molar-refractivity contribution in [1.82, 2.24) is 9.29 Å². The van der Waals surface area contributed by atoms with E-state index in [1.807, 2.05) is 25.1 Å². The van der Waals surface area contributed by atoms with Crippen molar-refractivity contribution in [2.24, 2.45) is 0 Å². The summed E-state index contributed by atoms with van der Waals surface area (Å²) in [7, 11) is -3.51. The Morgan fingerprint density at radius 3 is 2.51 bits per heavy atom. The number of nitrogens with zero attached hydrogens (tertiary/aromatic N) is 2. The van der Waals surface area contributed by atoms with Gasteiger partial charge in [-0.3, -0.25) is 4.79 Å². The van der Waals surface area contributed by atoms with Gasteiger partial charge in [-0.05, 0) is 73.9 Å². The summed E-state index contributed by atoms with van der Waals surface area (Å²) >= 11 is 0. The van der Waals surface area contributed by atoms with E-state index >= 15 is 0 Å². The highest BCUT2D eigenvalue weighted by Gasteiger charge is 2.29. The molecule has 0 radical (unpaired) electrons. The number of piperidine rings is 1. The molecule has 5 rings (SSSR count). The van der Waals surface area contributed by atoms with E-state index in [1.165, 1.54) is 4.31 Å². The van der Waals surface area contributed by atoms with E-state index < -0.39 is 10.0 Å². The third-order valence-corrected chi connectivity index (χ3v) is 8.26. The van der Waals surface area contributed by atoms with Crippen LogP contribution >= 0.6 is 0 Å². The molecule has 1 amide bonds. The molecular formula is C27H28N4O5S. The van der Waals surface area contributed by atoms with Crippen LogP contribution in [0.15, 0.2) is 76.0 Å². The number of nitrogens with two attached hydrogens (primary N) is 1. The van der Waals surface area contributed by atoms with Crippen molar-refractivity contribution in [3.05, 3.63) is 72.3 Å². The van der Waals surface area contributed by atoms with Crippen LogP contribution in [0.25, 0.3) is 22.6 Å². The van der Waals surface area contributed by atoms with Crippen molar-refractivity contribution >= 4 is 38.4 Å². The number of hydrogen-bond acceptors (Lipinski definition) is 7. The Morgan fingerprint density at radius 1 is 1.11 bits per heavy atom. The highest BCUT2D eigenvalue weighted by atomic mass is 32.2. The standard InChI is InChI=1S/C27H28N4O5S/c1-18-15-20(28)16-24-26(18)36-27(30-24)19-7-9-21(10-8-19)29-25(32)17-35-22-11-13-31(14-12-22)37(33,34)23-5-3-2-4-6-23/h2-10,15-16,22H,11-14,17,28H2,1H3,(H,29,32). The molecule has 4 aromatic rings. The number of carbonyl (C=O) groups excluding carboxylic acids is 1. The van der Waals surface area contributed by atoms with E-state index in [4.69, 9.17) is 14.9 Å². The fourth-order valence-corrected chi connectivity index (χ4v) is 5.91. The number of aromatic nitrogens is 1. The number of nitrogens with one attached hydrogen (secondary N) is 1. The van der Waals surface area contributed by atoms with Gasteiger partial charge >= 0.3 is 0 Å². The van der Waals surface area contributed by atoms with E-state index in [1.54, 1.807) is 48.5 Å². The molecule has 192 valence electrons. The van der Waals surface area contributed by atoms with Crippen molar-refractivity contribution in [3.63, 3.8) is 0 Å². The topological polar surface area (TPSA) is 128 Å². The lowest BCUT2D eigenvalue weighted by Crippen LogP contribution is -2.41. The summed E-state index contributed by atoms with van der Waals surface area (Å²) in [6, 6.07) is 19.2. The van der Waals surface area contributed by atoms with Crippen LogP contribution in [0.4, 0.5) is 11.4 Å². The minimum Gasteiger partial charge on any atom is -0.436 e. The zero-order valence-electron chi connectivity index (χ0n) is 20.4. The third-order valence-electron chi connectivity index (χ3n) is 6.35. The van der Waals surface area contributed by atoms with Crippen LogP contribution in [0.5, 0.6) is 0 Å². The van der Waals surface area contributed by atoms with Crippen LogP contribution < -0.4 is 11.1 Å². The number of sulfonamides is 1. The lowest BCUT2D eigenvalue weighted by Gasteiger charge is -2.31. The summed E-state index contributed by atoms with van der Waals surface area (Å²) in [6.07, 6.45) is 0.889. The Kier molecular flexibility index (Phi) is 6.96. The lowest BCUT2D eigenvalue weighted by atomic mass is 10.1. The summed E-state index contributed by atoms with van der Waals surface area (Å²) < 4.78 is 38.7. The van der Waals surface area contributed by atoms with Crippen LogP contribution in [0.3, 0.4) is 0 Å². The monoisotopic (exact) mass is 520 g/mol. The second-order valence-corrected chi connectivity index (χ2v) is 11.0. The molecule has 2 heterocycles. The molecule has 0 saturated carbocycles. The van der Waals surface area contributed by atoms with Gasteiger partial charge in [-0.2, -0.15) is 4.31 Å². The van der Waals surface area contributed by atoms with Crippen molar-refractivity contribution in [2.75, 3.05) is 30.7 Å². The quantitative estimate of drug-likeness (QED) is 0.350. The highest BCUT2D eigenvalue weighted by Crippen LogP contribution is 2.29. The van der Waals surface area contributed by atoms with Crippen molar-refractivity contribution < 1.29 is 22.4 Å². The summed E-state index contributed by atoms with van der Waals surface area (Å²) in [5, 5.41) is 2.82. The average Bonchev–Trinajstić information content (AvgIpc) is 3.33. The normalized spacial score (nSPS) is 15.2. The van der Waals surface area contributed by atoms with Crippen molar-refractivity contribution in [1.29, 1.82) is 0 Å². The molecule has 3 N–H and O–H groups in total. The largest absolute Gasteiger partial charge is 0.436 e. The van der Waals surface area contributed by atoms with Gasteiger partial charge in [-0.25, -0.2) is 13.4 Å². The number of hydrogen-bond donors (Lipinski definition) is 2. The van der Waals surface area contributed by atoms with E-state index in [2.05, 4.69) is 10.3 Å². The number of ether oxygens (including phenoxy) is 1. The highest BCUT2D eigenvalue weighted by molar-refractivity contribution is 7.89. The summed E-state index contributed by atoms with van der Waals surface area (Å²) in [4.78, 5) is 17.2. The molecule has 9 nitrogen and oxygen atoms in total. The molecule has 1 aliphatic rings. The van der Waals surface area contributed by atoms with Gasteiger partial charge in [0.05, 0.1) is 11.0 Å². The summed E-state index contributed by atoms with van der Waals surface area (Å²) in [6.45, 7) is 2.52. The smallest absolute Gasteiger partial charge is 0.250 e. The van der Waals surface area contributed by atoms with Crippen molar-refractivity contribution in [2.45, 2.75) is 30.8 Å². The number of oxazole rings is 1. The summed E-state index contributed by atoms with van der Waals surface area (Å²) in [5.74, 6) is 0.200. The molecule has 0 spiro atoms. The zero-order chi connectivity index (χ0) is 26.0. The molecule has 37 heavy (non-hydrogen) atoms. The van der Waals surface area contributed by atoms with Gasteiger partial charge in [0.25, 0.3) is 0 Å². The number of aryl methyl sites for hydroxylation is 1. The first-order chi connectivity index (χ1) is 17.8. The molecule has 1 aliphatic heterocycles. The Balaban J connectivity index is 1.12. The predicted molar refractivity (Wildman–Crippen MR) is 141 cm³/mol. The minimum absolute atomic E-state index is 0.107. The number of rotatable bonds is 7. The average molecular weight is 521 g/mol. The van der Waals surface area contributed by atoms with Gasteiger partial charge in [-0.1, -0.05) is 18.2 Å². The number of nitrogen functional groups attached to an aromatic ring is 1. The Labute approximate surface area is 215 Å². The predicted octanol–water partition coefficient (Wildman–Crippen LogP) is 4.19. The lowest BCUT2D eigenvalue weighted by molar-refractivity contribution is -0.123. The second kappa shape index (κ2) is 10.3. The van der Waals surface area contributed by atoms with Gasteiger partial charge in [0.1, 0.15) is 12.1 Å². The molecule has 1 aromatic heterocycles. The van der Waals surface area contributed by atoms with Crippen LogP contribution in [-0.2, 0) is 19.6 Å². The van der Waals surface area contributed by atoms with Gasteiger partial charge in [0, 0.05) is 30.0 Å². The van der Waals surface area contributed by atoms with Crippen LogP contribution in [0.2, 0.25) is 0 Å². The van der Waals surface area contributed by atoms with Gasteiger partial charge in [-0.15, -0.1) is 0 Å². The maximum atomic E-state index is 12.8. The van der Waals surface area contributed by atoms with E-state index in [0.717, 1.165) is 11.1 Å². The molecule has 0 aliphatic carbocycles. The SMILES string of the molecule is Cc1cc(N)cc2nc(-c3ccc(NC(=O)COC4CCN(S(=O)(=O)c5ccccc5)CC4)cc3)oc12. The zero-order valence-corrected chi connectivity index (χ0v) is 21.2. The first kappa shape index (κ1) is 24.9. The Hall–Kier alpha value is -3.73. The first-order valence-electron chi connectivity index (χ1n) is 12.0. The fraction of sp³-hybridized carbons (Fsp3) is 0.259. The molecule has 0 atom stereocenters. The van der Waals surface area contributed by atoms with Gasteiger partial charge in [0.2, 0.25) is 21.8 Å². The van der Waals surface area contributed by atoms with Crippen LogP contribution in [-0.4, -0.2) is 49.4 Å². The van der Waals surface area contributed by atoms with Crippen molar-refractivity contribution in [3.8, 4) is 11.5 Å². The van der Waals surface area contributed by atoms with Gasteiger partial charge in [0.15, 0.2) is 5.58 Å². The van der Waals surface area contributed by atoms with Crippen LogP contribution in [0.1, 0.15) is 18.4 Å². The van der Waals surface area contributed by atoms with E-state index in [9.17, 15) is 13.2 Å². The Morgan fingerprint density at radius 2 is 1.81 bits per heavy atom. The number of amides is 1. The number of carbonyl (C=O) groups is 1. The number of fused-ring (bicyclic) bond motifs is 1. The molecule has 1 fully saturated rings. The number of benzene rings is 3. The minimum atomic E-state index is -3.51. The molecule has 0 unspecified atom stereocenters. The fourth-order valence-electron chi connectivity index (χ4n) is 4.42. The second-order valence-electron chi connectivity index (χ2n) is 9.06. The number of anilines is 2. The maximum Gasteiger partial charge on any atom is 0.250 e. The molecule has 3 aromatic carbocycles. The summed E-state index contributed by atoms with van der Waals surface area (Å²) in [5.41, 5.74) is 10.2. The van der Waals surface area contributed by atoms with E-state index in [0.29, 0.717) is 54.3 Å².